The number of nitriles is 1. The second kappa shape index (κ2) is 6.37. The molecule has 0 aromatic heterocycles. The standard InChI is InChI=1S/C15H11Cl3N2/c1-9(11-4-2-10(8-19)3-5-11)20-15-7-13(17)12(16)6-14(15)18/h2-7,9,20H,1H3. The van der Waals surface area contributed by atoms with Crippen LogP contribution in [0.4, 0.5) is 5.69 Å². The maximum atomic E-state index is 8.78. The van der Waals surface area contributed by atoms with Crippen LogP contribution in [0.1, 0.15) is 24.1 Å². The van der Waals surface area contributed by atoms with Gasteiger partial charge in [-0.2, -0.15) is 5.26 Å². The predicted octanol–water partition coefficient (Wildman–Crippen LogP) is 5.69. The van der Waals surface area contributed by atoms with Gasteiger partial charge in [0.2, 0.25) is 0 Å². The molecule has 1 atom stereocenters. The van der Waals surface area contributed by atoms with Gasteiger partial charge < -0.3 is 5.32 Å². The molecular weight excluding hydrogens is 315 g/mol. The maximum absolute atomic E-state index is 8.78. The van der Waals surface area contributed by atoms with Crippen LogP contribution in [0.5, 0.6) is 0 Å². The van der Waals surface area contributed by atoms with Crippen LogP contribution in [0, 0.1) is 11.3 Å². The van der Waals surface area contributed by atoms with E-state index in [1.807, 2.05) is 19.1 Å². The van der Waals surface area contributed by atoms with E-state index in [0.717, 1.165) is 11.3 Å². The Balaban J connectivity index is 2.21. The van der Waals surface area contributed by atoms with E-state index in [9.17, 15) is 0 Å². The summed E-state index contributed by atoms with van der Waals surface area (Å²) in [7, 11) is 0. The summed E-state index contributed by atoms with van der Waals surface area (Å²) in [5.74, 6) is 0. The first-order chi connectivity index (χ1) is 9.51. The Hall–Kier alpha value is -1.40. The Bertz CT molecular complexity index is 660. The molecule has 2 nitrogen and oxygen atoms in total. The lowest BCUT2D eigenvalue weighted by Crippen LogP contribution is -2.07. The van der Waals surface area contributed by atoms with Gasteiger partial charge >= 0.3 is 0 Å². The fourth-order valence-electron chi connectivity index (χ4n) is 1.80. The normalized spacial score (nSPS) is 11.8. The second-order valence-electron chi connectivity index (χ2n) is 4.35. The summed E-state index contributed by atoms with van der Waals surface area (Å²) in [5, 5.41) is 13.4. The van der Waals surface area contributed by atoms with Crippen LogP contribution in [0.25, 0.3) is 0 Å². The predicted molar refractivity (Wildman–Crippen MR) is 84.7 cm³/mol. The van der Waals surface area contributed by atoms with Gasteiger partial charge in [0.05, 0.1) is 32.4 Å². The van der Waals surface area contributed by atoms with E-state index in [1.165, 1.54) is 0 Å². The molecule has 0 bridgehead atoms. The molecule has 102 valence electrons. The van der Waals surface area contributed by atoms with Crippen molar-refractivity contribution in [2.45, 2.75) is 13.0 Å². The van der Waals surface area contributed by atoms with Crippen LogP contribution in [0.15, 0.2) is 36.4 Å². The minimum atomic E-state index is 0.0254. The maximum Gasteiger partial charge on any atom is 0.0991 e. The van der Waals surface area contributed by atoms with Crippen LogP contribution >= 0.6 is 34.8 Å². The quantitative estimate of drug-likeness (QED) is 0.736. The zero-order chi connectivity index (χ0) is 14.7. The lowest BCUT2D eigenvalue weighted by atomic mass is 10.1. The third-order valence-electron chi connectivity index (χ3n) is 2.92. The molecule has 0 amide bonds. The summed E-state index contributed by atoms with van der Waals surface area (Å²) >= 11 is 18.0. The van der Waals surface area contributed by atoms with Crippen LogP contribution in [-0.2, 0) is 0 Å². The van der Waals surface area contributed by atoms with Crippen LogP contribution in [-0.4, -0.2) is 0 Å². The molecular formula is C15H11Cl3N2. The first-order valence-corrected chi connectivity index (χ1v) is 7.06. The molecule has 2 aromatic carbocycles. The molecule has 2 rings (SSSR count). The highest BCUT2D eigenvalue weighted by Gasteiger charge is 2.10. The van der Waals surface area contributed by atoms with E-state index in [0.29, 0.717) is 20.6 Å². The van der Waals surface area contributed by atoms with Gasteiger partial charge in [0.25, 0.3) is 0 Å². The van der Waals surface area contributed by atoms with Gasteiger partial charge in [-0.15, -0.1) is 0 Å². The van der Waals surface area contributed by atoms with Gasteiger partial charge in [0.15, 0.2) is 0 Å². The molecule has 2 aromatic rings. The lowest BCUT2D eigenvalue weighted by Gasteiger charge is -2.17. The van der Waals surface area contributed by atoms with E-state index in [-0.39, 0.29) is 6.04 Å². The highest BCUT2D eigenvalue weighted by molar-refractivity contribution is 6.44. The highest BCUT2D eigenvalue weighted by atomic mass is 35.5. The smallest absolute Gasteiger partial charge is 0.0991 e. The summed E-state index contributed by atoms with van der Waals surface area (Å²) in [6, 6.07) is 12.8. The largest absolute Gasteiger partial charge is 0.377 e. The molecule has 20 heavy (non-hydrogen) atoms. The monoisotopic (exact) mass is 324 g/mol. The number of rotatable bonds is 3. The molecule has 0 saturated heterocycles. The van der Waals surface area contributed by atoms with Crippen LogP contribution in [0.3, 0.4) is 0 Å². The summed E-state index contributed by atoms with van der Waals surface area (Å²) in [6.45, 7) is 2.00. The van der Waals surface area contributed by atoms with Crippen molar-refractivity contribution < 1.29 is 0 Å². The molecule has 0 aliphatic rings. The third kappa shape index (κ3) is 3.37. The Kier molecular flexibility index (Phi) is 4.77. The second-order valence-corrected chi connectivity index (χ2v) is 5.57. The van der Waals surface area contributed by atoms with Crippen LogP contribution in [0.2, 0.25) is 15.1 Å². The first kappa shape index (κ1) is 15.0. The molecule has 5 heteroatoms. The van der Waals surface area contributed by atoms with E-state index < -0.39 is 0 Å². The molecule has 1 unspecified atom stereocenters. The van der Waals surface area contributed by atoms with Gasteiger partial charge in [-0.05, 0) is 36.8 Å². The Morgan fingerprint density at radius 3 is 2.20 bits per heavy atom. The summed E-state index contributed by atoms with van der Waals surface area (Å²) < 4.78 is 0. The fourth-order valence-corrected chi connectivity index (χ4v) is 2.40. The van der Waals surface area contributed by atoms with Gasteiger partial charge in [-0.25, -0.2) is 0 Å². The van der Waals surface area contributed by atoms with Gasteiger partial charge in [-0.3, -0.25) is 0 Å². The number of nitrogens with one attached hydrogen (secondary N) is 1. The topological polar surface area (TPSA) is 35.8 Å². The molecule has 0 heterocycles. The van der Waals surface area contributed by atoms with E-state index in [1.54, 1.807) is 24.3 Å². The van der Waals surface area contributed by atoms with Gasteiger partial charge in [0.1, 0.15) is 0 Å². The summed E-state index contributed by atoms with van der Waals surface area (Å²) in [4.78, 5) is 0. The minimum Gasteiger partial charge on any atom is -0.377 e. The Morgan fingerprint density at radius 1 is 1.00 bits per heavy atom. The Labute approximate surface area is 132 Å². The van der Waals surface area contributed by atoms with Crippen LogP contribution < -0.4 is 5.32 Å². The van der Waals surface area contributed by atoms with Gasteiger partial charge in [0, 0.05) is 6.04 Å². The lowest BCUT2D eigenvalue weighted by molar-refractivity contribution is 0.884. The third-order valence-corrected chi connectivity index (χ3v) is 3.96. The highest BCUT2D eigenvalue weighted by Crippen LogP contribution is 2.34. The SMILES string of the molecule is CC(Nc1cc(Cl)c(Cl)cc1Cl)c1ccc(C#N)cc1. The number of nitrogens with zero attached hydrogens (tertiary/aromatic N) is 1. The van der Waals surface area contributed by atoms with Crippen molar-refractivity contribution >= 4 is 40.5 Å². The molecule has 0 fully saturated rings. The van der Waals surface area contributed by atoms with E-state index in [2.05, 4.69) is 11.4 Å². The summed E-state index contributed by atoms with van der Waals surface area (Å²) in [5.41, 5.74) is 2.40. The molecule has 0 radical (unpaired) electrons. The first-order valence-electron chi connectivity index (χ1n) is 5.92. The van der Waals surface area contributed by atoms with Crippen molar-refractivity contribution in [1.29, 1.82) is 5.26 Å². The minimum absolute atomic E-state index is 0.0254. The number of hydrogen-bond donors (Lipinski definition) is 1. The van der Waals surface area contributed by atoms with Crippen molar-refractivity contribution in [1.82, 2.24) is 0 Å². The molecule has 1 N–H and O–H groups in total. The Morgan fingerprint density at radius 2 is 1.60 bits per heavy atom. The zero-order valence-corrected chi connectivity index (χ0v) is 12.9. The molecule has 0 aliphatic heterocycles. The molecule has 0 saturated carbocycles. The van der Waals surface area contributed by atoms with Gasteiger partial charge in [-0.1, -0.05) is 46.9 Å². The van der Waals surface area contributed by atoms with Crippen molar-refractivity contribution in [3.8, 4) is 6.07 Å². The number of anilines is 1. The molecule has 0 spiro atoms. The van der Waals surface area contributed by atoms with Crippen molar-refractivity contribution in [2.75, 3.05) is 5.32 Å². The van der Waals surface area contributed by atoms with E-state index in [4.69, 9.17) is 40.1 Å². The van der Waals surface area contributed by atoms with Crippen molar-refractivity contribution in [3.63, 3.8) is 0 Å². The van der Waals surface area contributed by atoms with E-state index >= 15 is 0 Å². The number of halogens is 3. The average Bonchev–Trinajstić information content (AvgIpc) is 2.44. The number of hydrogen-bond acceptors (Lipinski definition) is 2. The zero-order valence-electron chi connectivity index (χ0n) is 10.6. The number of benzene rings is 2. The fraction of sp³-hybridized carbons (Fsp3) is 0.133. The van der Waals surface area contributed by atoms with Crippen molar-refractivity contribution in [3.05, 3.63) is 62.6 Å². The van der Waals surface area contributed by atoms with Crippen molar-refractivity contribution in [2.24, 2.45) is 0 Å². The summed E-state index contributed by atoms with van der Waals surface area (Å²) in [6.07, 6.45) is 0. The average molecular weight is 326 g/mol. The molecule has 0 aliphatic carbocycles.